The SMILES string of the molecule is CCCC(=O)Nc1sc2c(c1C(N)=O)CC[C@H](CCC)C2. The molecule has 5 heteroatoms. The third-order valence-electron chi connectivity index (χ3n) is 4.04. The second-order valence-corrected chi connectivity index (χ2v) is 6.87. The van der Waals surface area contributed by atoms with Crippen LogP contribution in [0.2, 0.25) is 0 Å². The fourth-order valence-electron chi connectivity index (χ4n) is 3.07. The number of anilines is 1. The van der Waals surface area contributed by atoms with Gasteiger partial charge in [0.1, 0.15) is 5.00 Å². The molecule has 1 aliphatic rings. The number of rotatable bonds is 6. The highest BCUT2D eigenvalue weighted by Crippen LogP contribution is 2.40. The molecule has 21 heavy (non-hydrogen) atoms. The molecule has 2 rings (SSSR count). The number of primary amides is 1. The topological polar surface area (TPSA) is 72.2 Å². The van der Waals surface area contributed by atoms with Gasteiger partial charge >= 0.3 is 0 Å². The molecular weight excluding hydrogens is 284 g/mol. The molecule has 1 aromatic rings. The molecule has 1 heterocycles. The first-order chi connectivity index (χ1) is 10.1. The number of carbonyl (C=O) groups excluding carboxylic acids is 2. The Balaban J connectivity index is 2.26. The molecule has 0 bridgehead atoms. The molecule has 0 radical (unpaired) electrons. The summed E-state index contributed by atoms with van der Waals surface area (Å²) >= 11 is 1.54. The van der Waals surface area contributed by atoms with Crippen molar-refractivity contribution in [1.82, 2.24) is 0 Å². The Morgan fingerprint density at radius 1 is 1.33 bits per heavy atom. The molecule has 0 fully saturated rings. The first-order valence-corrected chi connectivity index (χ1v) is 8.62. The van der Waals surface area contributed by atoms with Crippen LogP contribution in [-0.4, -0.2) is 11.8 Å². The molecule has 0 aromatic carbocycles. The van der Waals surface area contributed by atoms with Gasteiger partial charge in [0.25, 0.3) is 5.91 Å². The van der Waals surface area contributed by atoms with Crippen LogP contribution in [-0.2, 0) is 17.6 Å². The number of thiophene rings is 1. The first-order valence-electron chi connectivity index (χ1n) is 7.80. The van der Waals surface area contributed by atoms with Crippen molar-refractivity contribution < 1.29 is 9.59 Å². The van der Waals surface area contributed by atoms with Gasteiger partial charge in [-0.3, -0.25) is 9.59 Å². The zero-order valence-electron chi connectivity index (χ0n) is 12.8. The Morgan fingerprint density at radius 2 is 2.10 bits per heavy atom. The summed E-state index contributed by atoms with van der Waals surface area (Å²) in [6.07, 6.45) is 6.70. The third kappa shape index (κ3) is 3.64. The quantitative estimate of drug-likeness (QED) is 0.844. The Hall–Kier alpha value is -1.36. The van der Waals surface area contributed by atoms with Crippen LogP contribution in [0.1, 0.15) is 66.8 Å². The molecule has 4 nitrogen and oxygen atoms in total. The van der Waals surface area contributed by atoms with Crippen LogP contribution in [0, 0.1) is 5.92 Å². The predicted octanol–water partition coefficient (Wildman–Crippen LogP) is 3.49. The number of hydrogen-bond donors (Lipinski definition) is 2. The van der Waals surface area contributed by atoms with Gasteiger partial charge in [-0.25, -0.2) is 0 Å². The van der Waals surface area contributed by atoms with Gasteiger partial charge in [0.2, 0.25) is 5.91 Å². The van der Waals surface area contributed by atoms with E-state index < -0.39 is 5.91 Å². The lowest BCUT2D eigenvalue weighted by molar-refractivity contribution is -0.116. The predicted molar refractivity (Wildman–Crippen MR) is 86.8 cm³/mol. The van der Waals surface area contributed by atoms with Gasteiger partial charge in [-0.2, -0.15) is 0 Å². The van der Waals surface area contributed by atoms with E-state index in [2.05, 4.69) is 12.2 Å². The molecule has 1 atom stereocenters. The highest BCUT2D eigenvalue weighted by Gasteiger charge is 2.28. The standard InChI is InChI=1S/C16H24N2O2S/c1-3-5-10-7-8-11-12(9-10)21-16(14(11)15(17)20)18-13(19)6-4-2/h10H,3-9H2,1-2H3,(H2,17,20)(H,18,19)/t10-/m0/s1. The minimum Gasteiger partial charge on any atom is -0.365 e. The van der Waals surface area contributed by atoms with Crippen LogP contribution >= 0.6 is 11.3 Å². The van der Waals surface area contributed by atoms with Gasteiger partial charge in [-0.05, 0) is 37.2 Å². The van der Waals surface area contributed by atoms with E-state index in [4.69, 9.17) is 5.73 Å². The summed E-state index contributed by atoms with van der Waals surface area (Å²) in [6.45, 7) is 4.17. The van der Waals surface area contributed by atoms with Gasteiger partial charge in [-0.15, -0.1) is 11.3 Å². The van der Waals surface area contributed by atoms with Crippen LogP contribution < -0.4 is 11.1 Å². The van der Waals surface area contributed by atoms with Gasteiger partial charge in [0.05, 0.1) is 5.56 Å². The van der Waals surface area contributed by atoms with Crippen molar-refractivity contribution in [3.63, 3.8) is 0 Å². The van der Waals surface area contributed by atoms with E-state index in [9.17, 15) is 9.59 Å². The van der Waals surface area contributed by atoms with Crippen molar-refractivity contribution in [3.8, 4) is 0 Å². The smallest absolute Gasteiger partial charge is 0.251 e. The monoisotopic (exact) mass is 308 g/mol. The van der Waals surface area contributed by atoms with Crippen molar-refractivity contribution in [2.45, 2.75) is 58.8 Å². The molecule has 2 amide bonds. The van der Waals surface area contributed by atoms with E-state index in [1.54, 1.807) is 11.3 Å². The zero-order chi connectivity index (χ0) is 15.4. The molecule has 0 aliphatic heterocycles. The molecule has 0 unspecified atom stereocenters. The van der Waals surface area contributed by atoms with Crippen molar-refractivity contribution in [2.24, 2.45) is 11.7 Å². The van der Waals surface area contributed by atoms with E-state index in [-0.39, 0.29) is 5.91 Å². The van der Waals surface area contributed by atoms with Gasteiger partial charge in [-0.1, -0.05) is 26.7 Å². The Labute approximate surface area is 130 Å². The van der Waals surface area contributed by atoms with Crippen molar-refractivity contribution >= 4 is 28.2 Å². The van der Waals surface area contributed by atoms with Crippen molar-refractivity contribution in [2.75, 3.05) is 5.32 Å². The molecule has 0 saturated carbocycles. The van der Waals surface area contributed by atoms with Crippen molar-refractivity contribution in [3.05, 3.63) is 16.0 Å². The Bertz CT molecular complexity index is 537. The van der Waals surface area contributed by atoms with E-state index in [0.29, 0.717) is 22.9 Å². The number of amides is 2. The summed E-state index contributed by atoms with van der Waals surface area (Å²) in [5.74, 6) is 0.234. The maximum Gasteiger partial charge on any atom is 0.251 e. The first kappa shape index (κ1) is 16.0. The number of carbonyl (C=O) groups is 2. The lowest BCUT2D eigenvalue weighted by Gasteiger charge is -2.21. The average Bonchev–Trinajstić information content (AvgIpc) is 2.76. The van der Waals surface area contributed by atoms with Crippen LogP contribution in [0.15, 0.2) is 0 Å². The number of hydrogen-bond acceptors (Lipinski definition) is 3. The molecule has 3 N–H and O–H groups in total. The minimum absolute atomic E-state index is 0.0382. The Morgan fingerprint density at radius 3 is 2.71 bits per heavy atom. The largest absolute Gasteiger partial charge is 0.365 e. The summed E-state index contributed by atoms with van der Waals surface area (Å²) in [5.41, 5.74) is 7.17. The highest BCUT2D eigenvalue weighted by molar-refractivity contribution is 7.17. The molecule has 116 valence electrons. The van der Waals surface area contributed by atoms with Crippen molar-refractivity contribution in [1.29, 1.82) is 0 Å². The van der Waals surface area contributed by atoms with E-state index >= 15 is 0 Å². The Kier molecular flexibility index (Phi) is 5.39. The normalized spacial score (nSPS) is 17.3. The fourth-order valence-corrected chi connectivity index (χ4v) is 4.46. The molecular formula is C16H24N2O2S. The van der Waals surface area contributed by atoms with Gasteiger partial charge < -0.3 is 11.1 Å². The summed E-state index contributed by atoms with van der Waals surface area (Å²) in [4.78, 5) is 24.8. The lowest BCUT2D eigenvalue weighted by Crippen LogP contribution is -2.19. The summed E-state index contributed by atoms with van der Waals surface area (Å²) in [6, 6.07) is 0. The van der Waals surface area contributed by atoms with Gasteiger partial charge in [0.15, 0.2) is 0 Å². The number of nitrogens with one attached hydrogen (secondary N) is 1. The van der Waals surface area contributed by atoms with E-state index in [1.807, 2.05) is 6.92 Å². The van der Waals surface area contributed by atoms with Crippen LogP contribution in [0.5, 0.6) is 0 Å². The summed E-state index contributed by atoms with van der Waals surface area (Å²) in [7, 11) is 0. The minimum atomic E-state index is -0.423. The zero-order valence-corrected chi connectivity index (χ0v) is 13.6. The van der Waals surface area contributed by atoms with Crippen LogP contribution in [0.25, 0.3) is 0 Å². The van der Waals surface area contributed by atoms with E-state index in [0.717, 1.165) is 31.2 Å². The van der Waals surface area contributed by atoms with Crippen LogP contribution in [0.4, 0.5) is 5.00 Å². The third-order valence-corrected chi connectivity index (χ3v) is 5.21. The van der Waals surface area contributed by atoms with E-state index in [1.165, 1.54) is 17.7 Å². The highest BCUT2D eigenvalue weighted by atomic mass is 32.1. The summed E-state index contributed by atoms with van der Waals surface area (Å²) < 4.78 is 0. The lowest BCUT2D eigenvalue weighted by atomic mass is 9.84. The maximum absolute atomic E-state index is 11.8. The second-order valence-electron chi connectivity index (χ2n) is 5.77. The molecule has 0 spiro atoms. The molecule has 1 aromatic heterocycles. The maximum atomic E-state index is 11.8. The van der Waals surface area contributed by atoms with Crippen LogP contribution in [0.3, 0.4) is 0 Å². The van der Waals surface area contributed by atoms with Gasteiger partial charge in [0, 0.05) is 11.3 Å². The average molecular weight is 308 g/mol. The fraction of sp³-hybridized carbons (Fsp3) is 0.625. The number of fused-ring (bicyclic) bond motifs is 1. The molecule has 1 aliphatic carbocycles. The second kappa shape index (κ2) is 7.07. The molecule has 0 saturated heterocycles. The number of nitrogens with two attached hydrogens (primary N) is 1. The summed E-state index contributed by atoms with van der Waals surface area (Å²) in [5, 5.41) is 3.53.